The topological polar surface area (TPSA) is 69.1 Å². The minimum absolute atomic E-state index is 0.161. The lowest BCUT2D eigenvalue weighted by atomic mass is 10.1. The van der Waals surface area contributed by atoms with E-state index in [-0.39, 0.29) is 11.7 Å². The quantitative estimate of drug-likeness (QED) is 0.812. The Balaban J connectivity index is 1.93. The van der Waals surface area contributed by atoms with Gasteiger partial charge in [-0.05, 0) is 13.0 Å². The molecule has 3 heterocycles. The minimum Gasteiger partial charge on any atom is -0.469 e. The van der Waals surface area contributed by atoms with Gasteiger partial charge in [0.1, 0.15) is 11.7 Å². The first-order valence-corrected chi connectivity index (χ1v) is 6.39. The van der Waals surface area contributed by atoms with Crippen molar-refractivity contribution in [2.24, 2.45) is 0 Å². The first-order chi connectivity index (χ1) is 8.25. The fraction of sp³-hybridized carbons (Fsp3) is 0.364. The molecule has 1 fully saturated rings. The summed E-state index contributed by atoms with van der Waals surface area (Å²) in [4.78, 5) is 15.8. The smallest absolute Gasteiger partial charge is 0.238 e. The Hall–Kier alpha value is -1.56. The molecule has 88 valence electrons. The molecule has 1 atom stereocenters. The zero-order valence-corrected chi connectivity index (χ0v) is 9.99. The van der Waals surface area contributed by atoms with Gasteiger partial charge in [-0.25, -0.2) is 0 Å². The molecule has 0 radical (unpaired) electrons. The summed E-state index contributed by atoms with van der Waals surface area (Å²) in [7, 11) is 0. The SMILES string of the molecule is Cc1occc1-c1noc(C2CSCC2=O)n1. The average molecular weight is 250 g/mol. The van der Waals surface area contributed by atoms with Crippen LogP contribution in [0.25, 0.3) is 11.4 Å². The Bertz CT molecular complexity index is 561. The lowest BCUT2D eigenvalue weighted by molar-refractivity contribution is -0.117. The van der Waals surface area contributed by atoms with Crippen LogP contribution >= 0.6 is 11.8 Å². The molecule has 0 aliphatic carbocycles. The number of aryl methyl sites for hydroxylation is 1. The third-order valence-corrected chi connectivity index (χ3v) is 3.81. The van der Waals surface area contributed by atoms with E-state index < -0.39 is 0 Å². The third-order valence-electron chi connectivity index (χ3n) is 2.76. The maximum atomic E-state index is 11.6. The molecular formula is C11H10N2O3S. The first-order valence-electron chi connectivity index (χ1n) is 5.24. The number of aromatic nitrogens is 2. The predicted octanol–water partition coefficient (Wildman–Crippen LogP) is 2.04. The number of thioether (sulfide) groups is 1. The van der Waals surface area contributed by atoms with Gasteiger partial charge in [0.2, 0.25) is 11.7 Å². The summed E-state index contributed by atoms with van der Waals surface area (Å²) >= 11 is 1.60. The number of hydrogen-bond donors (Lipinski definition) is 0. The Labute approximate surface area is 102 Å². The molecule has 5 nitrogen and oxygen atoms in total. The van der Waals surface area contributed by atoms with E-state index in [9.17, 15) is 4.79 Å². The van der Waals surface area contributed by atoms with Crippen molar-refractivity contribution in [2.75, 3.05) is 11.5 Å². The van der Waals surface area contributed by atoms with Gasteiger partial charge >= 0.3 is 0 Å². The van der Waals surface area contributed by atoms with E-state index in [4.69, 9.17) is 8.94 Å². The lowest BCUT2D eigenvalue weighted by Gasteiger charge is -1.97. The highest BCUT2D eigenvalue weighted by atomic mass is 32.2. The number of hydrogen-bond acceptors (Lipinski definition) is 6. The van der Waals surface area contributed by atoms with E-state index in [0.29, 0.717) is 17.5 Å². The van der Waals surface area contributed by atoms with Crippen LogP contribution in [0.2, 0.25) is 0 Å². The van der Waals surface area contributed by atoms with Gasteiger partial charge in [0.25, 0.3) is 0 Å². The second-order valence-corrected chi connectivity index (χ2v) is 4.91. The largest absolute Gasteiger partial charge is 0.469 e. The Morgan fingerprint density at radius 3 is 3.06 bits per heavy atom. The molecule has 0 saturated carbocycles. The van der Waals surface area contributed by atoms with Crippen LogP contribution in [0.3, 0.4) is 0 Å². The van der Waals surface area contributed by atoms with E-state index in [0.717, 1.165) is 17.1 Å². The van der Waals surface area contributed by atoms with Crippen molar-refractivity contribution in [3.63, 3.8) is 0 Å². The molecule has 0 spiro atoms. The van der Waals surface area contributed by atoms with E-state index in [1.54, 1.807) is 24.1 Å². The minimum atomic E-state index is -0.242. The Morgan fingerprint density at radius 2 is 2.41 bits per heavy atom. The molecule has 1 saturated heterocycles. The first kappa shape index (κ1) is 10.6. The normalized spacial score (nSPS) is 20.1. The molecule has 0 aromatic carbocycles. The molecule has 0 N–H and O–H groups in total. The van der Waals surface area contributed by atoms with Crippen LogP contribution in [0.15, 0.2) is 21.3 Å². The second-order valence-electron chi connectivity index (χ2n) is 3.88. The molecule has 0 amide bonds. The maximum Gasteiger partial charge on any atom is 0.238 e. The number of Topliss-reactive ketones (excluding diaryl/α,β-unsaturated/α-hetero) is 1. The third kappa shape index (κ3) is 1.78. The van der Waals surface area contributed by atoms with Crippen LogP contribution in [0.1, 0.15) is 17.6 Å². The monoisotopic (exact) mass is 250 g/mol. The fourth-order valence-corrected chi connectivity index (χ4v) is 2.87. The number of furan rings is 1. The summed E-state index contributed by atoms with van der Waals surface area (Å²) in [5.74, 6) is 2.82. The van der Waals surface area contributed by atoms with Crippen molar-refractivity contribution in [3.8, 4) is 11.4 Å². The van der Waals surface area contributed by atoms with Crippen LogP contribution in [-0.2, 0) is 4.79 Å². The Kier molecular flexibility index (Phi) is 2.51. The molecule has 3 rings (SSSR count). The highest BCUT2D eigenvalue weighted by molar-refractivity contribution is 8.00. The second kappa shape index (κ2) is 4.03. The molecule has 0 bridgehead atoms. The van der Waals surface area contributed by atoms with Gasteiger partial charge in [0.15, 0.2) is 5.78 Å². The molecule has 2 aromatic heterocycles. The van der Waals surface area contributed by atoms with Gasteiger partial charge in [0.05, 0.1) is 17.6 Å². The van der Waals surface area contributed by atoms with Gasteiger partial charge in [-0.1, -0.05) is 5.16 Å². The number of nitrogens with zero attached hydrogens (tertiary/aromatic N) is 2. The summed E-state index contributed by atoms with van der Waals surface area (Å²) < 4.78 is 10.3. The molecule has 2 aromatic rings. The van der Waals surface area contributed by atoms with Crippen molar-refractivity contribution in [1.82, 2.24) is 10.1 Å². The van der Waals surface area contributed by atoms with Crippen LogP contribution in [0.5, 0.6) is 0 Å². The molecule has 1 unspecified atom stereocenters. The van der Waals surface area contributed by atoms with E-state index >= 15 is 0 Å². The number of ketones is 1. The van der Waals surface area contributed by atoms with Crippen molar-refractivity contribution < 1.29 is 13.7 Å². The molecular weight excluding hydrogens is 240 g/mol. The van der Waals surface area contributed by atoms with Gasteiger partial charge in [-0.2, -0.15) is 16.7 Å². The zero-order chi connectivity index (χ0) is 11.8. The van der Waals surface area contributed by atoms with Crippen LogP contribution in [-0.4, -0.2) is 27.4 Å². The van der Waals surface area contributed by atoms with E-state index in [1.807, 2.05) is 6.92 Å². The molecule has 17 heavy (non-hydrogen) atoms. The fourth-order valence-electron chi connectivity index (χ4n) is 1.78. The van der Waals surface area contributed by atoms with Crippen LogP contribution in [0.4, 0.5) is 0 Å². The summed E-state index contributed by atoms with van der Waals surface area (Å²) in [5, 5.41) is 3.89. The maximum absolute atomic E-state index is 11.6. The molecule has 6 heteroatoms. The highest BCUT2D eigenvalue weighted by Gasteiger charge is 2.31. The summed E-state index contributed by atoms with van der Waals surface area (Å²) in [6, 6.07) is 1.79. The van der Waals surface area contributed by atoms with E-state index in [1.165, 1.54) is 0 Å². The van der Waals surface area contributed by atoms with Gasteiger partial charge in [-0.15, -0.1) is 0 Å². The average Bonchev–Trinajstić information content (AvgIpc) is 2.97. The molecule has 1 aliphatic rings. The zero-order valence-electron chi connectivity index (χ0n) is 9.17. The summed E-state index contributed by atoms with van der Waals surface area (Å²) in [6.07, 6.45) is 1.58. The van der Waals surface area contributed by atoms with Gasteiger partial charge < -0.3 is 8.94 Å². The lowest BCUT2D eigenvalue weighted by Crippen LogP contribution is -2.09. The predicted molar refractivity (Wildman–Crippen MR) is 61.8 cm³/mol. The summed E-state index contributed by atoms with van der Waals surface area (Å²) in [5.41, 5.74) is 0.804. The summed E-state index contributed by atoms with van der Waals surface area (Å²) in [6.45, 7) is 1.84. The number of carbonyl (C=O) groups is 1. The van der Waals surface area contributed by atoms with Crippen molar-refractivity contribution >= 4 is 17.5 Å². The van der Waals surface area contributed by atoms with Gasteiger partial charge in [-0.3, -0.25) is 4.79 Å². The van der Waals surface area contributed by atoms with Crippen molar-refractivity contribution in [1.29, 1.82) is 0 Å². The standard InChI is InChI=1S/C11H10N2O3S/c1-6-7(2-3-15-6)10-12-11(16-13-10)8-4-17-5-9(8)14/h2-3,8H,4-5H2,1H3. The van der Waals surface area contributed by atoms with Crippen LogP contribution < -0.4 is 0 Å². The van der Waals surface area contributed by atoms with E-state index in [2.05, 4.69) is 10.1 Å². The Morgan fingerprint density at radius 1 is 1.53 bits per heavy atom. The highest BCUT2D eigenvalue weighted by Crippen LogP contribution is 2.30. The van der Waals surface area contributed by atoms with Crippen molar-refractivity contribution in [2.45, 2.75) is 12.8 Å². The molecule has 1 aliphatic heterocycles. The van der Waals surface area contributed by atoms with Gasteiger partial charge in [0, 0.05) is 5.75 Å². The number of carbonyl (C=O) groups excluding carboxylic acids is 1. The van der Waals surface area contributed by atoms with Crippen LogP contribution in [0, 0.1) is 6.92 Å². The van der Waals surface area contributed by atoms with Crippen molar-refractivity contribution in [3.05, 3.63) is 24.0 Å². The number of rotatable bonds is 2.